The van der Waals surface area contributed by atoms with Gasteiger partial charge in [0.1, 0.15) is 5.69 Å². The summed E-state index contributed by atoms with van der Waals surface area (Å²) in [5, 5.41) is 2.42. The predicted octanol–water partition coefficient (Wildman–Crippen LogP) is 8.06. The number of aromatic nitrogens is 3. The number of hydrogen-bond donors (Lipinski definition) is 0. The largest absolute Gasteiger partial charge is 0.292 e. The van der Waals surface area contributed by atoms with Gasteiger partial charge in [0.15, 0.2) is 5.82 Å². The molecule has 0 aliphatic rings. The molecule has 0 atom stereocenters. The Morgan fingerprint density at radius 1 is 0.400 bits per heavy atom. The summed E-state index contributed by atoms with van der Waals surface area (Å²) in [5.74, 6) is 0.841. The van der Waals surface area contributed by atoms with Crippen molar-refractivity contribution in [3.8, 4) is 28.2 Å². The second-order valence-electron chi connectivity index (χ2n) is 8.70. The van der Waals surface area contributed by atoms with E-state index in [1.807, 2.05) is 30.3 Å². The fourth-order valence-corrected chi connectivity index (χ4v) is 4.94. The molecule has 0 aliphatic heterocycles. The van der Waals surface area contributed by atoms with E-state index < -0.39 is 0 Å². The van der Waals surface area contributed by atoms with Gasteiger partial charge in [0.2, 0.25) is 0 Å². The van der Waals surface area contributed by atoms with Gasteiger partial charge >= 0.3 is 0 Å². The Kier molecular flexibility index (Phi) is 4.46. The van der Waals surface area contributed by atoms with Crippen LogP contribution in [-0.4, -0.2) is 14.5 Å². The Hall–Kier alpha value is -4.76. The van der Waals surface area contributed by atoms with Crippen molar-refractivity contribution in [3.63, 3.8) is 0 Å². The SMILES string of the molecule is c1ccc(-c2ccc(-c3nc4ccccc4nc3-n3c4ccccc4c4ccccc43)cc2)cc1. The highest BCUT2D eigenvalue weighted by atomic mass is 15.1. The molecule has 0 amide bonds. The minimum absolute atomic E-state index is 0.841. The average molecular weight is 448 g/mol. The first-order chi connectivity index (χ1) is 17.4. The molecule has 0 spiro atoms. The van der Waals surface area contributed by atoms with Gasteiger partial charge in [-0.15, -0.1) is 0 Å². The molecule has 0 radical (unpaired) electrons. The van der Waals surface area contributed by atoms with Gasteiger partial charge in [-0.05, 0) is 35.4 Å². The third-order valence-electron chi connectivity index (χ3n) is 6.61. The molecule has 0 saturated heterocycles. The molecule has 0 N–H and O–H groups in total. The summed E-state index contributed by atoms with van der Waals surface area (Å²) in [6.45, 7) is 0. The number of fused-ring (bicyclic) bond motifs is 4. The summed E-state index contributed by atoms with van der Waals surface area (Å²) in [7, 11) is 0. The normalized spacial score (nSPS) is 11.4. The van der Waals surface area contributed by atoms with Crippen LogP contribution in [0.3, 0.4) is 0 Å². The van der Waals surface area contributed by atoms with Gasteiger partial charge in [-0.2, -0.15) is 0 Å². The van der Waals surface area contributed by atoms with Crippen molar-refractivity contribution < 1.29 is 0 Å². The number of rotatable bonds is 3. The topological polar surface area (TPSA) is 30.7 Å². The van der Waals surface area contributed by atoms with Gasteiger partial charge in [0.25, 0.3) is 0 Å². The molecule has 164 valence electrons. The van der Waals surface area contributed by atoms with Crippen LogP contribution < -0.4 is 0 Å². The minimum Gasteiger partial charge on any atom is -0.292 e. The zero-order valence-corrected chi connectivity index (χ0v) is 19.0. The maximum absolute atomic E-state index is 5.18. The highest BCUT2D eigenvalue weighted by Gasteiger charge is 2.18. The van der Waals surface area contributed by atoms with Crippen LogP contribution in [0.25, 0.3) is 61.0 Å². The van der Waals surface area contributed by atoms with Gasteiger partial charge < -0.3 is 0 Å². The van der Waals surface area contributed by atoms with Crippen molar-refractivity contribution in [3.05, 3.63) is 127 Å². The van der Waals surface area contributed by atoms with E-state index in [4.69, 9.17) is 9.97 Å². The summed E-state index contributed by atoms with van der Waals surface area (Å²) in [6.07, 6.45) is 0. The maximum Gasteiger partial charge on any atom is 0.165 e. The summed E-state index contributed by atoms with van der Waals surface area (Å²) in [4.78, 5) is 10.3. The molecule has 7 aromatic rings. The Bertz CT molecular complexity index is 1780. The van der Waals surface area contributed by atoms with E-state index in [-0.39, 0.29) is 0 Å². The van der Waals surface area contributed by atoms with Crippen molar-refractivity contribution in [2.45, 2.75) is 0 Å². The zero-order chi connectivity index (χ0) is 23.2. The molecule has 2 heterocycles. The summed E-state index contributed by atoms with van der Waals surface area (Å²) >= 11 is 0. The summed E-state index contributed by atoms with van der Waals surface area (Å²) in [6, 6.07) is 44.2. The molecular weight excluding hydrogens is 426 g/mol. The minimum atomic E-state index is 0.841. The van der Waals surface area contributed by atoms with E-state index in [1.165, 1.54) is 21.9 Å². The molecular formula is C32H21N3. The predicted molar refractivity (Wildman–Crippen MR) is 145 cm³/mol. The van der Waals surface area contributed by atoms with Crippen LogP contribution in [0.2, 0.25) is 0 Å². The fraction of sp³-hybridized carbons (Fsp3) is 0. The van der Waals surface area contributed by atoms with E-state index in [1.54, 1.807) is 0 Å². The van der Waals surface area contributed by atoms with Crippen LogP contribution in [-0.2, 0) is 0 Å². The van der Waals surface area contributed by atoms with Gasteiger partial charge in [0.05, 0.1) is 22.1 Å². The Morgan fingerprint density at radius 3 is 1.54 bits per heavy atom. The third kappa shape index (κ3) is 3.21. The lowest BCUT2D eigenvalue weighted by atomic mass is 10.0. The van der Waals surface area contributed by atoms with Crippen molar-refractivity contribution in [1.29, 1.82) is 0 Å². The van der Waals surface area contributed by atoms with Crippen LogP contribution in [0.5, 0.6) is 0 Å². The van der Waals surface area contributed by atoms with Crippen molar-refractivity contribution in [2.75, 3.05) is 0 Å². The highest BCUT2D eigenvalue weighted by Crippen LogP contribution is 2.35. The lowest BCUT2D eigenvalue weighted by Gasteiger charge is -2.14. The third-order valence-corrected chi connectivity index (χ3v) is 6.61. The molecule has 7 rings (SSSR count). The van der Waals surface area contributed by atoms with Crippen LogP contribution in [0, 0.1) is 0 Å². The first-order valence-electron chi connectivity index (χ1n) is 11.8. The quantitative estimate of drug-likeness (QED) is 0.274. The van der Waals surface area contributed by atoms with Crippen LogP contribution >= 0.6 is 0 Å². The van der Waals surface area contributed by atoms with E-state index in [9.17, 15) is 0 Å². The fourth-order valence-electron chi connectivity index (χ4n) is 4.94. The van der Waals surface area contributed by atoms with E-state index >= 15 is 0 Å². The molecule has 0 aliphatic carbocycles. The smallest absolute Gasteiger partial charge is 0.165 e. The maximum atomic E-state index is 5.18. The lowest BCUT2D eigenvalue weighted by Crippen LogP contribution is -2.03. The van der Waals surface area contributed by atoms with Gasteiger partial charge in [-0.25, -0.2) is 9.97 Å². The number of nitrogens with zero attached hydrogens (tertiary/aromatic N) is 3. The Balaban J connectivity index is 1.52. The van der Waals surface area contributed by atoms with Gasteiger partial charge in [-0.3, -0.25) is 4.57 Å². The van der Waals surface area contributed by atoms with Crippen molar-refractivity contribution in [2.24, 2.45) is 0 Å². The highest BCUT2D eigenvalue weighted by molar-refractivity contribution is 6.09. The molecule has 5 aromatic carbocycles. The summed E-state index contributed by atoms with van der Waals surface area (Å²) in [5.41, 5.74) is 8.32. The molecule has 0 saturated carbocycles. The van der Waals surface area contributed by atoms with Crippen LogP contribution in [0.4, 0.5) is 0 Å². The monoisotopic (exact) mass is 447 g/mol. The molecule has 3 heteroatoms. The number of hydrogen-bond acceptors (Lipinski definition) is 2. The second-order valence-corrected chi connectivity index (χ2v) is 8.70. The summed E-state index contributed by atoms with van der Waals surface area (Å²) < 4.78 is 2.25. The molecule has 2 aromatic heterocycles. The molecule has 0 fully saturated rings. The Labute approximate surface area is 203 Å². The van der Waals surface area contributed by atoms with E-state index in [0.29, 0.717) is 0 Å². The van der Waals surface area contributed by atoms with Crippen LogP contribution in [0.1, 0.15) is 0 Å². The van der Waals surface area contributed by atoms with Crippen LogP contribution in [0.15, 0.2) is 127 Å². The molecule has 0 unspecified atom stereocenters. The zero-order valence-electron chi connectivity index (χ0n) is 19.0. The molecule has 35 heavy (non-hydrogen) atoms. The van der Waals surface area contributed by atoms with Crippen molar-refractivity contribution in [1.82, 2.24) is 14.5 Å². The Morgan fingerprint density at radius 2 is 0.886 bits per heavy atom. The number of para-hydroxylation sites is 4. The van der Waals surface area contributed by atoms with Gasteiger partial charge in [-0.1, -0.05) is 103 Å². The molecule has 0 bridgehead atoms. The first kappa shape index (κ1) is 19.7. The number of benzene rings is 5. The first-order valence-corrected chi connectivity index (χ1v) is 11.8. The van der Waals surface area contributed by atoms with E-state index in [2.05, 4.69) is 102 Å². The molecule has 3 nitrogen and oxygen atoms in total. The van der Waals surface area contributed by atoms with Crippen molar-refractivity contribution >= 4 is 32.8 Å². The van der Waals surface area contributed by atoms with E-state index in [0.717, 1.165) is 39.1 Å². The lowest BCUT2D eigenvalue weighted by molar-refractivity contribution is 1.08. The second kappa shape index (κ2) is 7.93. The average Bonchev–Trinajstić information content (AvgIpc) is 3.27. The standard InChI is InChI=1S/C32H21N3/c1-2-10-22(11-3-1)23-18-20-24(21-19-23)31-32(34-28-15-7-6-14-27(28)33-31)35-29-16-8-4-12-25(29)26-13-5-9-17-30(26)35/h1-21H. The van der Waals surface area contributed by atoms with Gasteiger partial charge in [0, 0.05) is 16.3 Å².